The van der Waals surface area contributed by atoms with E-state index in [4.69, 9.17) is 15.2 Å². The van der Waals surface area contributed by atoms with E-state index in [9.17, 15) is 9.90 Å². The van der Waals surface area contributed by atoms with Crippen molar-refractivity contribution in [2.75, 3.05) is 6.54 Å². The molecule has 0 saturated heterocycles. The number of nitrogens with two attached hydrogens (primary N) is 1. The molecule has 10 heteroatoms. The summed E-state index contributed by atoms with van der Waals surface area (Å²) in [6.07, 6.45) is 6.26. The van der Waals surface area contributed by atoms with Gasteiger partial charge in [0.1, 0.15) is 0 Å². The molecule has 3 rings (SSSR count). The molecule has 1 aromatic heterocycles. The maximum absolute atomic E-state index is 13.2. The average Bonchev–Trinajstić information content (AvgIpc) is 2.95. The molecule has 0 bridgehead atoms. The fraction of sp³-hybridized carbons (Fsp3) is 0.562. The summed E-state index contributed by atoms with van der Waals surface area (Å²) in [6.45, 7) is 12.4. The van der Waals surface area contributed by atoms with E-state index in [2.05, 4.69) is 22.0 Å². The van der Waals surface area contributed by atoms with Gasteiger partial charge in [0, 0.05) is 31.3 Å². The zero-order valence-electron chi connectivity index (χ0n) is 26.4. The summed E-state index contributed by atoms with van der Waals surface area (Å²) >= 11 is 0. The van der Waals surface area contributed by atoms with Crippen LogP contribution in [0, 0.1) is 11.3 Å². The van der Waals surface area contributed by atoms with Crippen molar-refractivity contribution >= 4 is 14.0 Å². The van der Waals surface area contributed by atoms with Gasteiger partial charge in [0.2, 0.25) is 5.91 Å². The highest BCUT2D eigenvalue weighted by Gasteiger charge is 2.33. The van der Waals surface area contributed by atoms with Gasteiger partial charge in [-0.25, -0.2) is 5.01 Å². The molecule has 9 nitrogen and oxygen atoms in total. The van der Waals surface area contributed by atoms with Gasteiger partial charge < -0.3 is 20.8 Å². The van der Waals surface area contributed by atoms with E-state index in [1.54, 1.807) is 14.2 Å². The highest BCUT2D eigenvalue weighted by molar-refractivity contribution is 5.98. The van der Waals surface area contributed by atoms with Crippen molar-refractivity contribution in [1.82, 2.24) is 20.9 Å². The lowest BCUT2D eigenvalue weighted by Crippen LogP contribution is -2.57. The summed E-state index contributed by atoms with van der Waals surface area (Å²) < 4.78 is 5.41. The van der Waals surface area contributed by atoms with Gasteiger partial charge in [0.05, 0.1) is 35.2 Å². The maximum atomic E-state index is 13.2. The Bertz CT molecular complexity index is 1150. The SMILES string of the molecule is BOC1=CC[C@@H](CC(NC(=O)C(N)C(C)(C)C)C(O)CN(Cc2ccc(-c3ccccn3)cc2)NOC(C)(C)C)CC1. The average molecular weight is 580 g/mol. The topological polar surface area (TPSA) is 122 Å². The van der Waals surface area contributed by atoms with Crippen LogP contribution in [0.2, 0.25) is 0 Å². The number of pyridine rings is 1. The van der Waals surface area contributed by atoms with E-state index in [0.29, 0.717) is 18.9 Å². The van der Waals surface area contributed by atoms with E-state index < -0.39 is 29.2 Å². The lowest BCUT2D eigenvalue weighted by Gasteiger charge is -2.35. The number of amides is 1. The molecule has 0 radical (unpaired) electrons. The fourth-order valence-electron chi connectivity index (χ4n) is 4.82. The number of hydrazine groups is 1. The van der Waals surface area contributed by atoms with Gasteiger partial charge in [-0.1, -0.05) is 51.1 Å². The number of hydrogen-bond donors (Lipinski definition) is 4. The van der Waals surface area contributed by atoms with Crippen LogP contribution < -0.4 is 16.6 Å². The Hall–Kier alpha value is -2.76. The molecular formula is C32H50BN5O4. The van der Waals surface area contributed by atoms with E-state index in [0.717, 1.165) is 41.8 Å². The van der Waals surface area contributed by atoms with Crippen molar-refractivity contribution in [3.63, 3.8) is 0 Å². The zero-order valence-corrected chi connectivity index (χ0v) is 26.4. The Labute approximate surface area is 252 Å². The molecular weight excluding hydrogens is 529 g/mol. The minimum atomic E-state index is -0.877. The van der Waals surface area contributed by atoms with Crippen LogP contribution in [0.25, 0.3) is 11.3 Å². The molecule has 2 aromatic rings. The largest absolute Gasteiger partial charge is 0.571 e. The van der Waals surface area contributed by atoms with Gasteiger partial charge in [-0.05, 0) is 75.1 Å². The second-order valence-corrected chi connectivity index (χ2v) is 13.4. The molecule has 5 N–H and O–H groups in total. The number of hydrogen-bond acceptors (Lipinski definition) is 8. The fourth-order valence-corrected chi connectivity index (χ4v) is 4.82. The number of aliphatic hydroxyl groups excluding tert-OH is 1. The van der Waals surface area contributed by atoms with Crippen LogP contribution in [-0.2, 0) is 20.8 Å². The van der Waals surface area contributed by atoms with Crippen LogP contribution in [-0.4, -0.2) is 59.4 Å². The molecule has 0 saturated carbocycles. The van der Waals surface area contributed by atoms with E-state index >= 15 is 0 Å². The van der Waals surface area contributed by atoms with Crippen LogP contribution in [0.5, 0.6) is 0 Å². The lowest BCUT2D eigenvalue weighted by atomic mass is 9.84. The first-order valence-electron chi connectivity index (χ1n) is 14.9. The smallest absolute Gasteiger partial charge is 0.321 e. The summed E-state index contributed by atoms with van der Waals surface area (Å²) in [5.41, 5.74) is 11.5. The second-order valence-electron chi connectivity index (χ2n) is 13.4. The number of rotatable bonds is 13. The van der Waals surface area contributed by atoms with Crippen molar-refractivity contribution < 1.29 is 19.4 Å². The zero-order chi connectivity index (χ0) is 30.9. The van der Waals surface area contributed by atoms with E-state index in [-0.39, 0.29) is 12.5 Å². The molecule has 1 aliphatic rings. The molecule has 0 aliphatic heterocycles. The number of benzene rings is 1. The molecule has 1 heterocycles. The molecule has 4 atom stereocenters. The molecule has 0 spiro atoms. The molecule has 1 amide bonds. The third-order valence-corrected chi connectivity index (χ3v) is 7.51. The molecule has 1 aromatic carbocycles. The summed E-state index contributed by atoms with van der Waals surface area (Å²) in [5, 5.41) is 16.5. The van der Waals surface area contributed by atoms with Crippen molar-refractivity contribution in [1.29, 1.82) is 0 Å². The molecule has 42 heavy (non-hydrogen) atoms. The third-order valence-electron chi connectivity index (χ3n) is 7.51. The quantitative estimate of drug-likeness (QED) is 0.210. The lowest BCUT2D eigenvalue weighted by molar-refractivity contribution is -0.167. The molecule has 3 unspecified atom stereocenters. The van der Waals surface area contributed by atoms with Crippen molar-refractivity contribution in [3.05, 3.63) is 66.1 Å². The monoisotopic (exact) mass is 579 g/mol. The minimum absolute atomic E-state index is 0.222. The Morgan fingerprint density at radius 1 is 1.17 bits per heavy atom. The van der Waals surface area contributed by atoms with Crippen LogP contribution in [0.1, 0.15) is 72.8 Å². The van der Waals surface area contributed by atoms with Gasteiger partial charge in [0.15, 0.2) is 0 Å². The van der Waals surface area contributed by atoms with Gasteiger partial charge in [-0.15, -0.1) is 5.59 Å². The number of aliphatic hydroxyl groups is 1. The number of nitrogens with one attached hydrogen (secondary N) is 2. The number of carbonyl (C=O) groups excluding carboxylic acids is 1. The third kappa shape index (κ3) is 10.8. The minimum Gasteiger partial charge on any atom is -0.571 e. The first kappa shape index (κ1) is 33.7. The van der Waals surface area contributed by atoms with Gasteiger partial charge in [-0.2, -0.15) is 0 Å². The van der Waals surface area contributed by atoms with Crippen molar-refractivity contribution in [2.45, 2.75) is 97.6 Å². The maximum Gasteiger partial charge on any atom is 0.321 e. The number of aromatic nitrogens is 1. The van der Waals surface area contributed by atoms with Gasteiger partial charge >= 0.3 is 8.05 Å². The number of nitrogens with zero attached hydrogens (tertiary/aromatic N) is 2. The van der Waals surface area contributed by atoms with Crippen LogP contribution >= 0.6 is 0 Å². The Morgan fingerprint density at radius 2 is 1.88 bits per heavy atom. The first-order chi connectivity index (χ1) is 19.7. The normalized spacial score (nSPS) is 18.2. The molecule has 1 aliphatic carbocycles. The summed E-state index contributed by atoms with van der Waals surface area (Å²) in [7, 11) is 1.69. The highest BCUT2D eigenvalue weighted by Crippen LogP contribution is 2.28. The Balaban J connectivity index is 1.77. The second kappa shape index (κ2) is 15.1. The first-order valence-corrected chi connectivity index (χ1v) is 14.9. The Morgan fingerprint density at radius 3 is 2.43 bits per heavy atom. The molecule has 230 valence electrons. The van der Waals surface area contributed by atoms with Crippen LogP contribution in [0.15, 0.2) is 60.5 Å². The van der Waals surface area contributed by atoms with Gasteiger partial charge in [-0.3, -0.25) is 14.6 Å². The highest BCUT2D eigenvalue weighted by atomic mass is 16.7. The van der Waals surface area contributed by atoms with Crippen LogP contribution in [0.3, 0.4) is 0 Å². The predicted octanol–water partition coefficient (Wildman–Crippen LogP) is 3.64. The number of carbonyl (C=O) groups is 1. The Kier molecular flexibility index (Phi) is 12.1. The van der Waals surface area contributed by atoms with Crippen molar-refractivity contribution in [3.8, 4) is 11.3 Å². The predicted molar refractivity (Wildman–Crippen MR) is 169 cm³/mol. The van der Waals surface area contributed by atoms with Crippen LogP contribution in [0.4, 0.5) is 0 Å². The van der Waals surface area contributed by atoms with E-state index in [1.807, 2.05) is 89.0 Å². The molecule has 0 fully saturated rings. The summed E-state index contributed by atoms with van der Waals surface area (Å²) in [5.74, 6) is 1.04. The standard InChI is InChI=1S/C32H50BN5O4/c1-31(2,3)29(34)30(40)36-27(19-22-12-16-25(41-33)17-13-22)28(39)21-38(37-42-32(4,5)6)20-23-10-14-24(15-11-23)26-9-7-8-18-35-26/h7-11,14-16,18,22,27-29,37,39H,12-13,17,19-21,33-34H2,1-6H3,(H,36,40)/t22-,27?,28?,29?/m1/s1. The van der Waals surface area contributed by atoms with Crippen molar-refractivity contribution in [2.24, 2.45) is 17.1 Å². The van der Waals surface area contributed by atoms with Gasteiger partial charge in [0.25, 0.3) is 0 Å². The summed E-state index contributed by atoms with van der Waals surface area (Å²) in [4.78, 5) is 23.5. The summed E-state index contributed by atoms with van der Waals surface area (Å²) in [6, 6.07) is 12.8. The number of allylic oxidation sites excluding steroid dienone is 2. The van der Waals surface area contributed by atoms with E-state index in [1.165, 1.54) is 0 Å².